The van der Waals surface area contributed by atoms with Gasteiger partial charge >= 0.3 is 5.97 Å². The molecule has 2 N–H and O–H groups in total. The van der Waals surface area contributed by atoms with Crippen LogP contribution in [0.5, 0.6) is 0 Å². The second kappa shape index (κ2) is 4.72. The van der Waals surface area contributed by atoms with Crippen LogP contribution < -0.4 is 0 Å². The number of rotatable bonds is 3. The van der Waals surface area contributed by atoms with Gasteiger partial charge in [-0.25, -0.2) is 4.79 Å². The maximum atomic E-state index is 10.9. The predicted molar refractivity (Wildman–Crippen MR) is 73.4 cm³/mol. The van der Waals surface area contributed by atoms with Gasteiger partial charge in [0.25, 0.3) is 0 Å². The van der Waals surface area contributed by atoms with E-state index in [4.69, 9.17) is 9.84 Å². The molecule has 1 saturated heterocycles. The number of hydrogen-bond donors (Lipinski definition) is 2. The molecule has 2 aliphatic rings. The zero-order chi connectivity index (χ0) is 14.3. The van der Waals surface area contributed by atoms with Crippen LogP contribution >= 0.6 is 0 Å². The Bertz CT molecular complexity index is 548. The highest BCUT2D eigenvalue weighted by Crippen LogP contribution is 2.54. The Morgan fingerprint density at radius 2 is 2.10 bits per heavy atom. The van der Waals surface area contributed by atoms with Gasteiger partial charge in [-0.2, -0.15) is 0 Å². The number of carbonyl (C=O) groups is 1. The molecular formula is C16H18O4. The van der Waals surface area contributed by atoms with Crippen molar-refractivity contribution in [3.63, 3.8) is 0 Å². The number of aromatic carboxylic acids is 1. The number of benzene rings is 1. The molecule has 1 aromatic carbocycles. The van der Waals surface area contributed by atoms with Gasteiger partial charge in [-0.05, 0) is 42.9 Å². The molecular weight excluding hydrogens is 256 g/mol. The largest absolute Gasteiger partial charge is 0.478 e. The summed E-state index contributed by atoms with van der Waals surface area (Å²) >= 11 is 0. The van der Waals surface area contributed by atoms with Crippen molar-refractivity contribution < 1.29 is 19.7 Å². The molecule has 4 heteroatoms. The molecule has 3 unspecified atom stereocenters. The fourth-order valence-corrected chi connectivity index (χ4v) is 3.56. The van der Waals surface area contributed by atoms with E-state index >= 15 is 0 Å². The number of carboxylic acid groups (broad SMARTS) is 1. The lowest BCUT2D eigenvalue weighted by atomic mass is 9.74. The van der Waals surface area contributed by atoms with Crippen LogP contribution in [0.25, 0.3) is 0 Å². The van der Waals surface area contributed by atoms with E-state index in [-0.39, 0.29) is 11.0 Å². The van der Waals surface area contributed by atoms with Gasteiger partial charge in [0.05, 0.1) is 12.2 Å². The highest BCUT2D eigenvalue weighted by molar-refractivity contribution is 5.87. The summed E-state index contributed by atoms with van der Waals surface area (Å²) in [6.45, 7) is 4.63. The molecule has 4 nitrogen and oxygen atoms in total. The molecule has 0 bridgehead atoms. The van der Waals surface area contributed by atoms with E-state index < -0.39 is 12.3 Å². The fraction of sp³-hybridized carbons (Fsp3) is 0.438. The standard InChI is InChI=1S/C16H18O4/c1-10-6-13-9-20-15(19)16(13,7-10)8-11-2-4-12(5-3-11)14(17)18/h2-5,13,15,19H,1,6-9H2,(H,17,18). The van der Waals surface area contributed by atoms with Gasteiger partial charge in [0.1, 0.15) is 0 Å². The number of fused-ring (bicyclic) bond motifs is 1. The Balaban J connectivity index is 1.85. The van der Waals surface area contributed by atoms with Crippen molar-refractivity contribution >= 4 is 5.97 Å². The molecule has 1 saturated carbocycles. The number of allylic oxidation sites excluding steroid dienone is 1. The zero-order valence-corrected chi connectivity index (χ0v) is 11.2. The summed E-state index contributed by atoms with van der Waals surface area (Å²) in [5.41, 5.74) is 2.18. The van der Waals surface area contributed by atoms with Crippen LogP contribution in [-0.4, -0.2) is 29.1 Å². The van der Waals surface area contributed by atoms with E-state index in [0.717, 1.165) is 18.4 Å². The Morgan fingerprint density at radius 1 is 1.40 bits per heavy atom. The molecule has 3 atom stereocenters. The molecule has 1 aliphatic carbocycles. The minimum Gasteiger partial charge on any atom is -0.478 e. The van der Waals surface area contributed by atoms with Gasteiger partial charge < -0.3 is 14.9 Å². The molecule has 1 heterocycles. The van der Waals surface area contributed by atoms with Crippen molar-refractivity contribution in [2.75, 3.05) is 6.61 Å². The molecule has 0 aromatic heterocycles. The Morgan fingerprint density at radius 3 is 2.75 bits per heavy atom. The molecule has 20 heavy (non-hydrogen) atoms. The van der Waals surface area contributed by atoms with Crippen LogP contribution in [0.4, 0.5) is 0 Å². The zero-order valence-electron chi connectivity index (χ0n) is 11.2. The predicted octanol–water partition coefficient (Wildman–Crippen LogP) is 2.23. The van der Waals surface area contributed by atoms with Gasteiger partial charge in [-0.3, -0.25) is 0 Å². The summed E-state index contributed by atoms with van der Waals surface area (Å²) in [5.74, 6) is -0.616. The van der Waals surface area contributed by atoms with E-state index in [2.05, 4.69) is 6.58 Å². The van der Waals surface area contributed by atoms with Crippen LogP contribution in [0.1, 0.15) is 28.8 Å². The quantitative estimate of drug-likeness (QED) is 0.829. The van der Waals surface area contributed by atoms with Crippen molar-refractivity contribution in [3.05, 3.63) is 47.5 Å². The summed E-state index contributed by atoms with van der Waals surface area (Å²) in [4.78, 5) is 10.9. The van der Waals surface area contributed by atoms with E-state index in [1.165, 1.54) is 5.57 Å². The molecule has 0 radical (unpaired) electrons. The van der Waals surface area contributed by atoms with Crippen LogP contribution in [0.2, 0.25) is 0 Å². The van der Waals surface area contributed by atoms with Crippen molar-refractivity contribution in [1.29, 1.82) is 0 Å². The van der Waals surface area contributed by atoms with Gasteiger partial charge in [-0.1, -0.05) is 24.3 Å². The number of aliphatic hydroxyl groups is 1. The number of carboxylic acids is 1. The first-order valence-corrected chi connectivity index (χ1v) is 6.80. The summed E-state index contributed by atoms with van der Waals surface area (Å²) in [7, 11) is 0. The van der Waals surface area contributed by atoms with Gasteiger partial charge in [0, 0.05) is 5.41 Å². The summed E-state index contributed by atoms with van der Waals surface area (Å²) in [6.07, 6.45) is 1.62. The first-order chi connectivity index (χ1) is 9.51. The van der Waals surface area contributed by atoms with Gasteiger partial charge in [0.15, 0.2) is 6.29 Å². The molecule has 0 amide bonds. The number of ether oxygens (including phenoxy) is 1. The minimum absolute atomic E-state index is 0.279. The topological polar surface area (TPSA) is 66.8 Å². The minimum atomic E-state index is -0.925. The van der Waals surface area contributed by atoms with Crippen LogP contribution in [-0.2, 0) is 11.2 Å². The van der Waals surface area contributed by atoms with Gasteiger partial charge in [0.2, 0.25) is 0 Å². The summed E-state index contributed by atoms with van der Waals surface area (Å²) in [6, 6.07) is 6.85. The monoisotopic (exact) mass is 274 g/mol. The van der Waals surface area contributed by atoms with Gasteiger partial charge in [-0.15, -0.1) is 0 Å². The van der Waals surface area contributed by atoms with E-state index in [1.807, 2.05) is 12.1 Å². The molecule has 106 valence electrons. The maximum absolute atomic E-state index is 10.9. The third-order valence-electron chi connectivity index (χ3n) is 4.61. The lowest BCUT2D eigenvalue weighted by molar-refractivity contribution is -0.117. The molecule has 1 aliphatic heterocycles. The molecule has 1 aromatic rings. The van der Waals surface area contributed by atoms with Crippen LogP contribution in [0.3, 0.4) is 0 Å². The second-order valence-corrected chi connectivity index (χ2v) is 5.93. The summed E-state index contributed by atoms with van der Waals surface area (Å²) < 4.78 is 5.43. The first-order valence-electron chi connectivity index (χ1n) is 6.80. The molecule has 3 rings (SSSR count). The smallest absolute Gasteiger partial charge is 0.335 e. The Hall–Kier alpha value is -1.65. The van der Waals surface area contributed by atoms with Crippen molar-refractivity contribution in [3.8, 4) is 0 Å². The van der Waals surface area contributed by atoms with E-state index in [9.17, 15) is 9.90 Å². The van der Waals surface area contributed by atoms with Crippen molar-refractivity contribution in [1.82, 2.24) is 0 Å². The number of aliphatic hydroxyl groups excluding tert-OH is 1. The number of hydrogen-bond acceptors (Lipinski definition) is 3. The van der Waals surface area contributed by atoms with Crippen molar-refractivity contribution in [2.24, 2.45) is 11.3 Å². The van der Waals surface area contributed by atoms with Crippen LogP contribution in [0, 0.1) is 11.3 Å². The first kappa shape index (κ1) is 13.3. The fourth-order valence-electron chi connectivity index (χ4n) is 3.56. The second-order valence-electron chi connectivity index (χ2n) is 5.93. The Kier molecular flexibility index (Phi) is 3.15. The van der Waals surface area contributed by atoms with Crippen molar-refractivity contribution in [2.45, 2.75) is 25.6 Å². The lowest BCUT2D eigenvalue weighted by Crippen LogP contribution is -2.35. The normalized spacial score (nSPS) is 32.4. The molecule has 0 spiro atoms. The summed E-state index contributed by atoms with van der Waals surface area (Å²) in [5, 5.41) is 19.1. The van der Waals surface area contributed by atoms with E-state index in [1.54, 1.807) is 12.1 Å². The van der Waals surface area contributed by atoms with E-state index in [0.29, 0.717) is 18.9 Å². The average molecular weight is 274 g/mol. The molecule has 2 fully saturated rings. The third-order valence-corrected chi connectivity index (χ3v) is 4.61. The Labute approximate surface area is 117 Å². The highest BCUT2D eigenvalue weighted by atomic mass is 16.6. The highest BCUT2D eigenvalue weighted by Gasteiger charge is 2.54. The maximum Gasteiger partial charge on any atom is 0.335 e. The lowest BCUT2D eigenvalue weighted by Gasteiger charge is -2.30. The third kappa shape index (κ3) is 2.05. The SMILES string of the molecule is C=C1CC2COC(O)C2(Cc2ccc(C(=O)O)cc2)C1. The van der Waals surface area contributed by atoms with Crippen LogP contribution in [0.15, 0.2) is 36.4 Å². The average Bonchev–Trinajstić information content (AvgIpc) is 2.86.